The van der Waals surface area contributed by atoms with Crippen molar-refractivity contribution in [3.05, 3.63) is 36.4 Å². The SMILES string of the molecule is C[Si](C)(c1ccc2c(c1)OCCOCCOCCOCCOCCO2)c1ccc2c(c1)OCCOCCOCCOCCOCCO2. The third-order valence-electron chi connectivity index (χ3n) is 7.50. The molecule has 2 aliphatic rings. The van der Waals surface area contributed by atoms with Gasteiger partial charge in [0, 0.05) is 0 Å². The summed E-state index contributed by atoms with van der Waals surface area (Å²) in [6.07, 6.45) is 0. The third-order valence-corrected chi connectivity index (χ3v) is 11.0. The van der Waals surface area contributed by atoms with Crippen LogP contribution < -0.4 is 29.3 Å². The summed E-state index contributed by atoms with van der Waals surface area (Å²) in [5.74, 6) is 2.69. The van der Waals surface area contributed by atoms with Crippen molar-refractivity contribution in [1.29, 1.82) is 0 Å². The first-order chi connectivity index (χ1) is 23.1. The minimum atomic E-state index is -2.23. The first-order valence-electron chi connectivity index (χ1n) is 16.6. The fourth-order valence-corrected chi connectivity index (χ4v) is 7.11. The quantitative estimate of drug-likeness (QED) is 0.434. The lowest BCUT2D eigenvalue weighted by Gasteiger charge is -2.26. The molecule has 13 heteroatoms. The molecule has 0 N–H and O–H groups in total. The highest BCUT2D eigenvalue weighted by atomic mass is 28.3. The number of hydrogen-bond acceptors (Lipinski definition) is 12. The fraction of sp³-hybridized carbons (Fsp3) is 0.647. The molecule has 0 unspecified atom stereocenters. The Bertz CT molecular complexity index is 1050. The molecule has 0 saturated carbocycles. The molecule has 0 saturated heterocycles. The van der Waals surface area contributed by atoms with Crippen LogP contribution in [0.25, 0.3) is 0 Å². The van der Waals surface area contributed by atoms with Crippen molar-refractivity contribution in [3.63, 3.8) is 0 Å². The van der Waals surface area contributed by atoms with Gasteiger partial charge in [0.25, 0.3) is 0 Å². The molecule has 2 aromatic carbocycles. The van der Waals surface area contributed by atoms with E-state index in [1.165, 1.54) is 10.4 Å². The van der Waals surface area contributed by atoms with E-state index in [0.717, 1.165) is 0 Å². The predicted molar refractivity (Wildman–Crippen MR) is 178 cm³/mol. The van der Waals surface area contributed by atoms with Crippen LogP contribution in [0.15, 0.2) is 36.4 Å². The molecule has 2 aromatic rings. The van der Waals surface area contributed by atoms with E-state index in [1.807, 2.05) is 12.1 Å². The molecule has 264 valence electrons. The second-order valence-electron chi connectivity index (χ2n) is 11.2. The summed E-state index contributed by atoms with van der Waals surface area (Å²) in [4.78, 5) is 0. The van der Waals surface area contributed by atoms with Gasteiger partial charge in [-0.15, -0.1) is 0 Å². The molecule has 2 heterocycles. The van der Waals surface area contributed by atoms with Crippen LogP contribution in [0.3, 0.4) is 0 Å². The van der Waals surface area contributed by atoms with Crippen LogP contribution in [-0.4, -0.2) is 140 Å². The van der Waals surface area contributed by atoms with Gasteiger partial charge in [-0.25, -0.2) is 0 Å². The Hall–Kier alpha value is -2.46. The Morgan fingerprint density at radius 3 is 0.830 bits per heavy atom. The van der Waals surface area contributed by atoms with E-state index in [0.29, 0.717) is 155 Å². The van der Waals surface area contributed by atoms with Gasteiger partial charge in [0.05, 0.1) is 106 Å². The van der Waals surface area contributed by atoms with Crippen molar-refractivity contribution < 1.29 is 56.8 Å². The second-order valence-corrected chi connectivity index (χ2v) is 15.6. The number of ether oxygens (including phenoxy) is 12. The molecule has 0 atom stereocenters. The van der Waals surface area contributed by atoms with Crippen LogP contribution >= 0.6 is 0 Å². The number of hydrogen-bond donors (Lipinski definition) is 0. The fourth-order valence-electron chi connectivity index (χ4n) is 4.79. The van der Waals surface area contributed by atoms with Crippen molar-refractivity contribution in [3.8, 4) is 23.0 Å². The minimum absolute atomic E-state index is 0.385. The van der Waals surface area contributed by atoms with E-state index in [9.17, 15) is 0 Å². The van der Waals surface area contributed by atoms with Gasteiger partial charge < -0.3 is 56.8 Å². The molecule has 12 nitrogen and oxygen atoms in total. The summed E-state index contributed by atoms with van der Waals surface area (Å²) in [5.41, 5.74) is 0. The van der Waals surface area contributed by atoms with Crippen LogP contribution in [0.5, 0.6) is 23.0 Å². The maximum Gasteiger partial charge on any atom is 0.161 e. The van der Waals surface area contributed by atoms with E-state index < -0.39 is 8.07 Å². The van der Waals surface area contributed by atoms with E-state index in [1.54, 1.807) is 0 Å². The third kappa shape index (κ3) is 13.9. The summed E-state index contributed by atoms with van der Waals surface area (Å²) >= 11 is 0. The highest BCUT2D eigenvalue weighted by molar-refractivity contribution is 7.00. The molecule has 0 spiro atoms. The predicted octanol–water partition coefficient (Wildman–Crippen LogP) is 2.18. The van der Waals surface area contributed by atoms with Gasteiger partial charge in [-0.3, -0.25) is 0 Å². The van der Waals surface area contributed by atoms with Crippen molar-refractivity contribution in [2.24, 2.45) is 0 Å². The topological polar surface area (TPSA) is 111 Å². The van der Waals surface area contributed by atoms with Crippen molar-refractivity contribution >= 4 is 18.4 Å². The van der Waals surface area contributed by atoms with Crippen LogP contribution in [0.2, 0.25) is 13.1 Å². The lowest BCUT2D eigenvalue weighted by molar-refractivity contribution is -0.00841. The summed E-state index contributed by atoms with van der Waals surface area (Å²) in [7, 11) is -2.23. The number of rotatable bonds is 2. The average Bonchev–Trinajstić information content (AvgIpc) is 3.07. The van der Waals surface area contributed by atoms with Crippen molar-refractivity contribution in [1.82, 2.24) is 0 Å². The molecule has 0 bridgehead atoms. The molecule has 0 amide bonds. The van der Waals surface area contributed by atoms with E-state index in [2.05, 4.69) is 37.4 Å². The standard InChI is InChI=1S/C34H52O12Si/c1-47(2,29-3-5-31-33(27-29)45-25-21-41-17-13-37-9-7-35-11-15-39-19-23-43-31)30-4-6-32-34(28-30)46-26-22-42-18-14-38-10-8-36-12-16-40-20-24-44-32/h3-6,27-28H,7-26H2,1-2H3. The van der Waals surface area contributed by atoms with Crippen LogP contribution in [0.4, 0.5) is 0 Å². The molecule has 2 aliphatic heterocycles. The van der Waals surface area contributed by atoms with Crippen molar-refractivity contribution in [2.45, 2.75) is 13.1 Å². The smallest absolute Gasteiger partial charge is 0.161 e. The Balaban J connectivity index is 1.46. The van der Waals surface area contributed by atoms with Gasteiger partial charge in [-0.1, -0.05) is 35.6 Å². The number of benzene rings is 2. The zero-order valence-corrected chi connectivity index (χ0v) is 29.0. The number of fused-ring (bicyclic) bond motifs is 2. The molecule has 4 rings (SSSR count). The van der Waals surface area contributed by atoms with Crippen LogP contribution in [0.1, 0.15) is 0 Å². The highest BCUT2D eigenvalue weighted by Crippen LogP contribution is 2.29. The molecule has 47 heavy (non-hydrogen) atoms. The van der Waals surface area contributed by atoms with Gasteiger partial charge in [-0.05, 0) is 24.3 Å². The van der Waals surface area contributed by atoms with E-state index in [4.69, 9.17) is 56.8 Å². The first-order valence-corrected chi connectivity index (χ1v) is 19.6. The molecule has 0 radical (unpaired) electrons. The Morgan fingerprint density at radius 1 is 0.319 bits per heavy atom. The average molecular weight is 681 g/mol. The van der Waals surface area contributed by atoms with Crippen molar-refractivity contribution in [2.75, 3.05) is 132 Å². The lowest BCUT2D eigenvalue weighted by atomic mass is 10.3. The maximum absolute atomic E-state index is 6.21. The van der Waals surface area contributed by atoms with E-state index in [-0.39, 0.29) is 0 Å². The second kappa shape index (κ2) is 22.2. The summed E-state index contributed by atoms with van der Waals surface area (Å²) in [5, 5.41) is 2.37. The zero-order chi connectivity index (χ0) is 32.8. The summed E-state index contributed by atoms with van der Waals surface area (Å²) in [6.45, 7) is 14.0. The lowest BCUT2D eigenvalue weighted by Crippen LogP contribution is -2.52. The van der Waals surface area contributed by atoms with Gasteiger partial charge >= 0.3 is 0 Å². The molecule has 0 aromatic heterocycles. The first kappa shape index (κ1) is 37.4. The minimum Gasteiger partial charge on any atom is -0.487 e. The monoisotopic (exact) mass is 680 g/mol. The highest BCUT2D eigenvalue weighted by Gasteiger charge is 2.29. The molecule has 0 fully saturated rings. The molecule has 0 aliphatic carbocycles. The van der Waals surface area contributed by atoms with Gasteiger partial charge in [0.1, 0.15) is 34.5 Å². The molecular weight excluding hydrogens is 628 g/mol. The Morgan fingerprint density at radius 2 is 0.553 bits per heavy atom. The van der Waals surface area contributed by atoms with Crippen LogP contribution in [0, 0.1) is 0 Å². The molecular formula is C34H52O12Si. The Labute approximate surface area is 279 Å². The largest absolute Gasteiger partial charge is 0.487 e. The van der Waals surface area contributed by atoms with Crippen LogP contribution in [-0.2, 0) is 37.9 Å². The van der Waals surface area contributed by atoms with Gasteiger partial charge in [0.15, 0.2) is 23.0 Å². The Kier molecular flexibility index (Phi) is 17.7. The zero-order valence-electron chi connectivity index (χ0n) is 28.0. The van der Waals surface area contributed by atoms with E-state index >= 15 is 0 Å². The maximum atomic E-state index is 6.21. The van der Waals surface area contributed by atoms with Gasteiger partial charge in [0.2, 0.25) is 0 Å². The summed E-state index contributed by atoms with van der Waals surface area (Å²) < 4.78 is 69.4. The normalized spacial score (nSPS) is 20.1. The summed E-state index contributed by atoms with van der Waals surface area (Å²) in [6, 6.07) is 12.4. The van der Waals surface area contributed by atoms with Gasteiger partial charge in [-0.2, -0.15) is 0 Å².